The molecule has 0 bridgehead atoms. The largest absolute Gasteiger partial charge is 0.493 e. The summed E-state index contributed by atoms with van der Waals surface area (Å²) in [5.41, 5.74) is -2.56. The number of hydrogen-bond donors (Lipinski definition) is 2. The molecule has 1 atom stereocenters. The highest BCUT2D eigenvalue weighted by atomic mass is 32.2. The lowest BCUT2D eigenvalue weighted by Gasteiger charge is -2.37. The fourth-order valence-corrected chi connectivity index (χ4v) is 3.47. The number of benzene rings is 1. The molecule has 2 rings (SSSR count). The Morgan fingerprint density at radius 1 is 1.26 bits per heavy atom. The van der Waals surface area contributed by atoms with Crippen molar-refractivity contribution < 1.29 is 28.1 Å². The molecule has 0 spiro atoms. The molecule has 130 valence electrons. The van der Waals surface area contributed by atoms with Gasteiger partial charge in [0.1, 0.15) is 5.75 Å². The Morgan fingerprint density at radius 2 is 1.91 bits per heavy atom. The first-order valence-corrected chi connectivity index (χ1v) is 8.51. The maximum Gasteiger partial charge on any atom is 0.419 e. The van der Waals surface area contributed by atoms with Crippen LogP contribution in [0.4, 0.5) is 13.2 Å². The van der Waals surface area contributed by atoms with E-state index in [4.69, 9.17) is 9.84 Å². The van der Waals surface area contributed by atoms with Crippen molar-refractivity contribution in [2.45, 2.75) is 48.8 Å². The number of thioether (sulfide) groups is 1. The Kier molecular flexibility index (Phi) is 4.95. The van der Waals surface area contributed by atoms with Gasteiger partial charge in [-0.15, -0.1) is 11.8 Å². The van der Waals surface area contributed by atoms with Gasteiger partial charge in [-0.25, -0.2) is 0 Å². The number of halogens is 3. The van der Waals surface area contributed by atoms with E-state index in [0.29, 0.717) is 17.9 Å². The van der Waals surface area contributed by atoms with Crippen molar-refractivity contribution in [1.29, 1.82) is 0 Å². The fourth-order valence-electron chi connectivity index (χ4n) is 2.97. The monoisotopic (exact) mass is 350 g/mol. The van der Waals surface area contributed by atoms with Crippen LogP contribution >= 0.6 is 11.8 Å². The molecule has 0 saturated heterocycles. The average Bonchev–Trinajstić information content (AvgIpc) is 2.92. The van der Waals surface area contributed by atoms with E-state index in [-0.39, 0.29) is 0 Å². The van der Waals surface area contributed by atoms with Crippen LogP contribution in [0.5, 0.6) is 5.75 Å². The molecule has 1 aliphatic heterocycles. The maximum atomic E-state index is 13.1. The highest BCUT2D eigenvalue weighted by Crippen LogP contribution is 2.46. The molecule has 0 saturated carbocycles. The van der Waals surface area contributed by atoms with Crippen molar-refractivity contribution in [3.63, 3.8) is 0 Å². The number of aliphatic hydroxyl groups excluding tert-OH is 1. The van der Waals surface area contributed by atoms with Gasteiger partial charge in [-0.1, -0.05) is 13.8 Å². The predicted molar refractivity (Wildman–Crippen MR) is 83.2 cm³/mol. The van der Waals surface area contributed by atoms with Crippen LogP contribution in [0.3, 0.4) is 0 Å². The van der Waals surface area contributed by atoms with Crippen molar-refractivity contribution >= 4 is 11.8 Å². The highest BCUT2D eigenvalue weighted by molar-refractivity contribution is 7.98. The Bertz CT molecular complexity index is 587. The van der Waals surface area contributed by atoms with E-state index in [1.54, 1.807) is 13.8 Å². The summed E-state index contributed by atoms with van der Waals surface area (Å²) in [7, 11) is 0. The van der Waals surface area contributed by atoms with E-state index in [1.165, 1.54) is 11.8 Å². The smallest absolute Gasteiger partial charge is 0.419 e. The first-order valence-electron chi connectivity index (χ1n) is 7.28. The molecule has 1 unspecified atom stereocenters. The zero-order valence-electron chi connectivity index (χ0n) is 13.3. The van der Waals surface area contributed by atoms with Crippen molar-refractivity contribution in [2.24, 2.45) is 0 Å². The Hall–Kier alpha value is -0.920. The van der Waals surface area contributed by atoms with Crippen molar-refractivity contribution in [3.05, 3.63) is 23.3 Å². The highest BCUT2D eigenvalue weighted by Gasteiger charge is 2.56. The lowest BCUT2D eigenvalue weighted by atomic mass is 9.74. The summed E-state index contributed by atoms with van der Waals surface area (Å²) in [6.45, 7) is 2.38. The molecular weight excluding hydrogens is 329 g/mol. The summed E-state index contributed by atoms with van der Waals surface area (Å²) in [5.74, 6) is 0.607. The molecule has 23 heavy (non-hydrogen) atoms. The van der Waals surface area contributed by atoms with Gasteiger partial charge in [0.25, 0.3) is 0 Å². The number of alkyl halides is 3. The number of aliphatic hydroxyl groups is 2. The minimum absolute atomic E-state index is 0.500. The minimum atomic E-state index is -4.90. The van der Waals surface area contributed by atoms with Gasteiger partial charge >= 0.3 is 6.18 Å². The molecule has 1 aromatic rings. The third-order valence-corrected chi connectivity index (χ3v) is 4.95. The van der Waals surface area contributed by atoms with Gasteiger partial charge < -0.3 is 14.9 Å². The van der Waals surface area contributed by atoms with E-state index in [2.05, 4.69) is 0 Å². The van der Waals surface area contributed by atoms with Gasteiger partial charge in [0.15, 0.2) is 5.60 Å². The average molecular weight is 350 g/mol. The Morgan fingerprint density at radius 3 is 2.43 bits per heavy atom. The zero-order valence-corrected chi connectivity index (χ0v) is 14.1. The van der Waals surface area contributed by atoms with Gasteiger partial charge in [0.05, 0.1) is 13.2 Å². The SMILES string of the molecule is CSc1cc2c(c(C(C)(C)CC(O)(CO)C(F)(F)F)c1)OCC2. The van der Waals surface area contributed by atoms with E-state index in [9.17, 15) is 18.3 Å². The van der Waals surface area contributed by atoms with Gasteiger partial charge in [-0.3, -0.25) is 0 Å². The third kappa shape index (κ3) is 3.46. The van der Waals surface area contributed by atoms with Crippen LogP contribution in [0.15, 0.2) is 17.0 Å². The van der Waals surface area contributed by atoms with Crippen LogP contribution in [0.1, 0.15) is 31.4 Å². The number of fused-ring (bicyclic) bond motifs is 1. The molecule has 2 N–H and O–H groups in total. The van der Waals surface area contributed by atoms with E-state index >= 15 is 0 Å². The molecule has 0 amide bonds. The Labute approximate surface area is 137 Å². The number of ether oxygens (including phenoxy) is 1. The number of hydrogen-bond acceptors (Lipinski definition) is 4. The van der Waals surface area contributed by atoms with Crippen LogP contribution in [0.2, 0.25) is 0 Å². The molecule has 1 aromatic carbocycles. The van der Waals surface area contributed by atoms with Gasteiger partial charge in [-0.2, -0.15) is 13.2 Å². The summed E-state index contributed by atoms with van der Waals surface area (Å²) in [6, 6.07) is 3.79. The quantitative estimate of drug-likeness (QED) is 0.800. The summed E-state index contributed by atoms with van der Waals surface area (Å²) in [5, 5.41) is 19.0. The maximum absolute atomic E-state index is 13.1. The van der Waals surface area contributed by atoms with Gasteiger partial charge in [0.2, 0.25) is 0 Å². The molecule has 0 aromatic heterocycles. The second-order valence-corrected chi connectivity index (χ2v) is 7.39. The molecule has 0 fully saturated rings. The van der Waals surface area contributed by atoms with Crippen LogP contribution in [0.25, 0.3) is 0 Å². The first kappa shape index (κ1) is 18.4. The van der Waals surface area contributed by atoms with E-state index in [1.807, 2.05) is 18.4 Å². The fraction of sp³-hybridized carbons (Fsp3) is 0.625. The molecule has 0 radical (unpaired) electrons. The molecule has 3 nitrogen and oxygen atoms in total. The third-order valence-electron chi connectivity index (χ3n) is 4.25. The standard InChI is InChI=1S/C16H21F3O3S/c1-14(2,8-15(21,9-20)16(17,18)19)12-7-11(23-3)6-10-4-5-22-13(10)12/h6-7,20-21H,4-5,8-9H2,1-3H3. The molecule has 7 heteroatoms. The summed E-state index contributed by atoms with van der Waals surface area (Å²) < 4.78 is 45.0. The summed E-state index contributed by atoms with van der Waals surface area (Å²) in [4.78, 5) is 0.942. The molecule has 1 aliphatic rings. The van der Waals surface area contributed by atoms with Crippen LogP contribution in [-0.4, -0.2) is 41.5 Å². The summed E-state index contributed by atoms with van der Waals surface area (Å²) in [6.07, 6.45) is -2.93. The molecule has 0 aliphatic carbocycles. The van der Waals surface area contributed by atoms with Gasteiger partial charge in [0, 0.05) is 16.9 Å². The van der Waals surface area contributed by atoms with Crippen molar-refractivity contribution in [3.8, 4) is 5.75 Å². The summed E-state index contributed by atoms with van der Waals surface area (Å²) >= 11 is 1.50. The van der Waals surface area contributed by atoms with Crippen LogP contribution in [0, 0.1) is 0 Å². The minimum Gasteiger partial charge on any atom is -0.493 e. The zero-order chi connectivity index (χ0) is 17.5. The molecule has 1 heterocycles. The van der Waals surface area contributed by atoms with E-state index < -0.39 is 30.2 Å². The lowest BCUT2D eigenvalue weighted by Crippen LogP contribution is -2.52. The normalized spacial score (nSPS) is 17.6. The van der Waals surface area contributed by atoms with E-state index in [0.717, 1.165) is 16.9 Å². The first-order chi connectivity index (χ1) is 10.5. The van der Waals surface area contributed by atoms with Crippen molar-refractivity contribution in [1.82, 2.24) is 0 Å². The van der Waals surface area contributed by atoms with Crippen LogP contribution in [-0.2, 0) is 11.8 Å². The van der Waals surface area contributed by atoms with Crippen molar-refractivity contribution in [2.75, 3.05) is 19.5 Å². The van der Waals surface area contributed by atoms with Crippen LogP contribution < -0.4 is 4.74 Å². The second kappa shape index (κ2) is 6.18. The number of rotatable bonds is 5. The predicted octanol–water partition coefficient (Wildman–Crippen LogP) is 3.30. The van der Waals surface area contributed by atoms with Gasteiger partial charge in [-0.05, 0) is 35.8 Å². The lowest BCUT2D eigenvalue weighted by molar-refractivity contribution is -0.277. The molecular formula is C16H21F3O3S. The topological polar surface area (TPSA) is 49.7 Å². The Balaban J connectivity index is 2.46. The second-order valence-electron chi connectivity index (χ2n) is 6.51.